The number of carbonyl (C=O) groups is 2. The third-order valence-electron chi connectivity index (χ3n) is 5.15. The van der Waals surface area contributed by atoms with Gasteiger partial charge >= 0.3 is 5.97 Å². The van der Waals surface area contributed by atoms with E-state index in [1.807, 2.05) is 26.0 Å². The maximum atomic E-state index is 12.6. The lowest BCUT2D eigenvalue weighted by molar-refractivity contribution is -0.150. The molecule has 0 saturated heterocycles. The van der Waals surface area contributed by atoms with Crippen LogP contribution in [0.4, 0.5) is 0 Å². The first kappa shape index (κ1) is 19.2. The summed E-state index contributed by atoms with van der Waals surface area (Å²) in [6.07, 6.45) is 2.24. The Labute approximate surface area is 148 Å². The fourth-order valence-corrected chi connectivity index (χ4v) is 3.53. The molecule has 6 nitrogen and oxygen atoms in total. The van der Waals surface area contributed by atoms with Crippen LogP contribution in [0.25, 0.3) is 0 Å². The standard InChI is InChI=1S/C19H27NO5/c1-12-9-15(25-4)10-13(2)16(12)11-17(21)20-19(18(22)23)7-5-14(24-3)6-8-19/h9-10,14H,5-8,11H2,1-4H3,(H,20,21)(H,22,23). The van der Waals surface area contributed by atoms with Crippen LogP contribution in [0.15, 0.2) is 12.1 Å². The second kappa shape index (κ2) is 7.87. The number of hydrogen-bond donors (Lipinski definition) is 2. The number of ether oxygens (including phenoxy) is 2. The summed E-state index contributed by atoms with van der Waals surface area (Å²) in [5, 5.41) is 12.5. The number of nitrogens with one attached hydrogen (secondary N) is 1. The molecule has 0 aromatic heterocycles. The van der Waals surface area contributed by atoms with Gasteiger partial charge in [0.25, 0.3) is 0 Å². The Balaban J connectivity index is 2.12. The molecular weight excluding hydrogens is 322 g/mol. The third-order valence-corrected chi connectivity index (χ3v) is 5.15. The third kappa shape index (κ3) is 4.31. The van der Waals surface area contributed by atoms with Crippen LogP contribution in [0, 0.1) is 13.8 Å². The van der Waals surface area contributed by atoms with Gasteiger partial charge in [-0.25, -0.2) is 4.79 Å². The van der Waals surface area contributed by atoms with Crippen LogP contribution in [-0.2, 0) is 20.7 Å². The highest BCUT2D eigenvalue weighted by atomic mass is 16.5. The minimum Gasteiger partial charge on any atom is -0.497 e. The van der Waals surface area contributed by atoms with Gasteiger partial charge in [0.05, 0.1) is 19.6 Å². The summed E-state index contributed by atoms with van der Waals surface area (Å²) in [4.78, 5) is 24.4. The number of carbonyl (C=O) groups excluding carboxylic acids is 1. The van der Waals surface area contributed by atoms with Crippen molar-refractivity contribution in [2.24, 2.45) is 0 Å². The molecule has 1 aliphatic rings. The first-order valence-corrected chi connectivity index (χ1v) is 8.52. The zero-order valence-electron chi connectivity index (χ0n) is 15.3. The van der Waals surface area contributed by atoms with E-state index in [9.17, 15) is 14.7 Å². The summed E-state index contributed by atoms with van der Waals surface area (Å²) in [6, 6.07) is 3.76. The smallest absolute Gasteiger partial charge is 0.329 e. The zero-order valence-corrected chi connectivity index (χ0v) is 15.3. The molecule has 1 aromatic rings. The highest BCUT2D eigenvalue weighted by Crippen LogP contribution is 2.30. The number of carboxylic acid groups (broad SMARTS) is 1. The molecule has 138 valence electrons. The molecule has 1 aliphatic carbocycles. The molecule has 1 amide bonds. The molecule has 0 aliphatic heterocycles. The highest BCUT2D eigenvalue weighted by molar-refractivity contribution is 5.88. The lowest BCUT2D eigenvalue weighted by Crippen LogP contribution is -2.57. The van der Waals surface area contributed by atoms with E-state index < -0.39 is 11.5 Å². The van der Waals surface area contributed by atoms with Gasteiger partial charge in [0.2, 0.25) is 5.91 Å². The first-order valence-electron chi connectivity index (χ1n) is 8.52. The molecule has 2 rings (SSSR count). The topological polar surface area (TPSA) is 84.9 Å². The predicted molar refractivity (Wildman–Crippen MR) is 93.9 cm³/mol. The molecule has 1 aromatic carbocycles. The van der Waals surface area contributed by atoms with Crippen LogP contribution in [0.2, 0.25) is 0 Å². The molecule has 1 fully saturated rings. The predicted octanol–water partition coefficient (Wildman–Crippen LogP) is 2.38. The van der Waals surface area contributed by atoms with Crippen LogP contribution in [0.5, 0.6) is 5.75 Å². The number of benzene rings is 1. The van der Waals surface area contributed by atoms with Crippen LogP contribution in [0.3, 0.4) is 0 Å². The largest absolute Gasteiger partial charge is 0.497 e. The van der Waals surface area contributed by atoms with Gasteiger partial charge in [-0.2, -0.15) is 0 Å². The van der Waals surface area contributed by atoms with Crippen LogP contribution < -0.4 is 10.1 Å². The minimum absolute atomic E-state index is 0.0652. The SMILES string of the molecule is COc1cc(C)c(CC(=O)NC2(C(=O)O)CCC(OC)CC2)c(C)c1. The summed E-state index contributed by atoms with van der Waals surface area (Å²) in [5.74, 6) is -0.493. The summed E-state index contributed by atoms with van der Waals surface area (Å²) in [7, 11) is 3.24. The van der Waals surface area contributed by atoms with Crippen molar-refractivity contribution < 1.29 is 24.2 Å². The zero-order chi connectivity index (χ0) is 18.6. The molecule has 0 radical (unpaired) electrons. The van der Waals surface area contributed by atoms with Gasteiger partial charge in [-0.05, 0) is 68.4 Å². The molecule has 0 bridgehead atoms. The van der Waals surface area contributed by atoms with E-state index in [2.05, 4.69) is 5.32 Å². The molecule has 0 heterocycles. The Kier molecular flexibility index (Phi) is 6.06. The molecule has 6 heteroatoms. The number of carboxylic acids is 1. The number of hydrogen-bond acceptors (Lipinski definition) is 4. The average Bonchev–Trinajstić information content (AvgIpc) is 2.58. The maximum absolute atomic E-state index is 12.6. The van der Waals surface area contributed by atoms with Crippen LogP contribution in [-0.4, -0.2) is 42.8 Å². The van der Waals surface area contributed by atoms with Crippen molar-refractivity contribution in [3.8, 4) is 5.75 Å². The summed E-state index contributed by atoms with van der Waals surface area (Å²) in [6.45, 7) is 3.85. The number of rotatable bonds is 6. The van der Waals surface area contributed by atoms with Crippen molar-refractivity contribution in [1.82, 2.24) is 5.32 Å². The average molecular weight is 349 g/mol. The van der Waals surface area contributed by atoms with Crippen molar-refractivity contribution in [3.05, 3.63) is 28.8 Å². The Morgan fingerprint density at radius 3 is 2.20 bits per heavy atom. The second-order valence-electron chi connectivity index (χ2n) is 6.79. The number of aryl methyl sites for hydroxylation is 2. The monoisotopic (exact) mass is 349 g/mol. The second-order valence-corrected chi connectivity index (χ2v) is 6.79. The van der Waals surface area contributed by atoms with Gasteiger partial charge in [-0.1, -0.05) is 0 Å². The Bertz CT molecular complexity index is 624. The fraction of sp³-hybridized carbons (Fsp3) is 0.579. The van der Waals surface area contributed by atoms with Crippen molar-refractivity contribution in [3.63, 3.8) is 0 Å². The van der Waals surface area contributed by atoms with Crippen molar-refractivity contribution in [1.29, 1.82) is 0 Å². The summed E-state index contributed by atoms with van der Waals surface area (Å²) in [5.41, 5.74) is 1.63. The van der Waals surface area contributed by atoms with E-state index in [-0.39, 0.29) is 18.4 Å². The molecular formula is C19H27NO5. The minimum atomic E-state index is -1.19. The number of methoxy groups -OCH3 is 2. The van der Waals surface area contributed by atoms with Crippen molar-refractivity contribution in [2.45, 2.75) is 57.6 Å². The molecule has 25 heavy (non-hydrogen) atoms. The van der Waals surface area contributed by atoms with Gasteiger partial charge in [-0.15, -0.1) is 0 Å². The van der Waals surface area contributed by atoms with E-state index in [1.54, 1.807) is 14.2 Å². The number of amides is 1. The van der Waals surface area contributed by atoms with E-state index in [4.69, 9.17) is 9.47 Å². The molecule has 0 unspecified atom stereocenters. The van der Waals surface area contributed by atoms with Gasteiger partial charge in [-0.3, -0.25) is 4.79 Å². The fourth-order valence-electron chi connectivity index (χ4n) is 3.53. The summed E-state index contributed by atoms with van der Waals surface area (Å²) < 4.78 is 10.5. The van der Waals surface area contributed by atoms with Crippen molar-refractivity contribution >= 4 is 11.9 Å². The van der Waals surface area contributed by atoms with E-state index in [0.29, 0.717) is 25.7 Å². The van der Waals surface area contributed by atoms with E-state index in [1.165, 1.54) is 0 Å². The van der Waals surface area contributed by atoms with Gasteiger partial charge < -0.3 is 19.9 Å². The Hall–Kier alpha value is -2.08. The van der Waals surface area contributed by atoms with E-state index >= 15 is 0 Å². The maximum Gasteiger partial charge on any atom is 0.329 e. The normalized spacial score (nSPS) is 23.1. The van der Waals surface area contributed by atoms with Crippen LogP contribution in [0.1, 0.15) is 42.4 Å². The molecule has 2 N–H and O–H groups in total. The highest BCUT2D eigenvalue weighted by Gasteiger charge is 2.43. The Morgan fingerprint density at radius 2 is 1.76 bits per heavy atom. The first-order chi connectivity index (χ1) is 11.8. The number of aliphatic carboxylic acids is 1. The quantitative estimate of drug-likeness (QED) is 0.824. The molecule has 1 saturated carbocycles. The van der Waals surface area contributed by atoms with Gasteiger partial charge in [0.15, 0.2) is 0 Å². The van der Waals surface area contributed by atoms with Crippen LogP contribution >= 0.6 is 0 Å². The van der Waals surface area contributed by atoms with Gasteiger partial charge in [0.1, 0.15) is 11.3 Å². The molecule has 0 atom stereocenters. The lowest BCUT2D eigenvalue weighted by Gasteiger charge is -2.37. The summed E-state index contributed by atoms with van der Waals surface area (Å²) >= 11 is 0. The Morgan fingerprint density at radius 1 is 1.20 bits per heavy atom. The molecule has 0 spiro atoms. The van der Waals surface area contributed by atoms with Crippen molar-refractivity contribution in [2.75, 3.05) is 14.2 Å². The lowest BCUT2D eigenvalue weighted by atomic mass is 9.80. The van der Waals surface area contributed by atoms with E-state index in [0.717, 1.165) is 22.4 Å². The van der Waals surface area contributed by atoms with Gasteiger partial charge in [0, 0.05) is 7.11 Å².